The Morgan fingerprint density at radius 2 is 1.86 bits per heavy atom. The number of benzene rings is 3. The largest absolute Gasteiger partial charge is 0.488 e. The van der Waals surface area contributed by atoms with Crippen molar-refractivity contribution in [2.75, 3.05) is 5.43 Å². The number of ether oxygens (including phenoxy) is 1. The summed E-state index contributed by atoms with van der Waals surface area (Å²) in [5.74, 6) is 0.723. The van der Waals surface area contributed by atoms with E-state index in [1.807, 2.05) is 66.7 Å². The van der Waals surface area contributed by atoms with Gasteiger partial charge in [-0.25, -0.2) is 5.10 Å². The van der Waals surface area contributed by atoms with Crippen LogP contribution in [0.4, 0.5) is 5.69 Å². The average molecular weight is 449 g/mol. The van der Waals surface area contributed by atoms with Gasteiger partial charge in [0.2, 0.25) is 0 Å². The lowest BCUT2D eigenvalue weighted by molar-refractivity contribution is 0.306. The van der Waals surface area contributed by atoms with Gasteiger partial charge in [-0.05, 0) is 38.3 Å². The van der Waals surface area contributed by atoms with Gasteiger partial charge in [0.25, 0.3) is 5.56 Å². The van der Waals surface area contributed by atoms with Crippen LogP contribution in [0.3, 0.4) is 0 Å². The van der Waals surface area contributed by atoms with Crippen LogP contribution in [0.1, 0.15) is 11.1 Å². The molecule has 0 aliphatic heterocycles. The molecule has 7 heteroatoms. The summed E-state index contributed by atoms with van der Waals surface area (Å²) in [6.07, 6.45) is 3.18. The Hall–Kier alpha value is -3.45. The molecule has 0 saturated heterocycles. The van der Waals surface area contributed by atoms with Crippen molar-refractivity contribution in [3.05, 3.63) is 98.9 Å². The summed E-state index contributed by atoms with van der Waals surface area (Å²) in [5.41, 5.74) is 4.92. The SMILES string of the molecule is O=c1[nH]ncc(N/N=C\c2c(OCc3ccccc3)ccc3ccccc23)c1Br. The minimum absolute atomic E-state index is 0.331. The molecule has 6 nitrogen and oxygen atoms in total. The van der Waals surface area contributed by atoms with Gasteiger partial charge >= 0.3 is 0 Å². The average Bonchev–Trinajstić information content (AvgIpc) is 2.76. The molecule has 0 fully saturated rings. The molecular formula is C22H17BrN4O2. The lowest BCUT2D eigenvalue weighted by Crippen LogP contribution is -2.10. The molecule has 1 aromatic heterocycles. The van der Waals surface area contributed by atoms with Gasteiger partial charge in [-0.3, -0.25) is 10.2 Å². The van der Waals surface area contributed by atoms with Gasteiger partial charge < -0.3 is 4.74 Å². The number of fused-ring (bicyclic) bond motifs is 1. The Morgan fingerprint density at radius 1 is 1.07 bits per heavy atom. The third kappa shape index (κ3) is 4.35. The zero-order chi connectivity index (χ0) is 20.1. The van der Waals surface area contributed by atoms with E-state index in [1.165, 1.54) is 6.20 Å². The number of halogens is 1. The Morgan fingerprint density at radius 3 is 2.72 bits per heavy atom. The molecule has 0 radical (unpaired) electrons. The van der Waals surface area contributed by atoms with Crippen LogP contribution in [0.5, 0.6) is 5.75 Å². The van der Waals surface area contributed by atoms with E-state index in [0.29, 0.717) is 16.8 Å². The van der Waals surface area contributed by atoms with Crippen LogP contribution in [0.15, 0.2) is 87.3 Å². The van der Waals surface area contributed by atoms with Gasteiger partial charge in [0.1, 0.15) is 16.8 Å². The van der Waals surface area contributed by atoms with Gasteiger partial charge in [-0.15, -0.1) is 0 Å². The van der Waals surface area contributed by atoms with Crippen molar-refractivity contribution in [1.82, 2.24) is 10.2 Å². The molecule has 1 heterocycles. The van der Waals surface area contributed by atoms with E-state index in [-0.39, 0.29) is 5.56 Å². The van der Waals surface area contributed by atoms with Crippen LogP contribution in [0, 0.1) is 0 Å². The number of rotatable bonds is 6. The molecule has 2 N–H and O–H groups in total. The summed E-state index contributed by atoms with van der Waals surface area (Å²) >= 11 is 3.23. The minimum Gasteiger partial charge on any atom is -0.488 e. The van der Waals surface area contributed by atoms with Crippen molar-refractivity contribution in [2.45, 2.75) is 6.61 Å². The van der Waals surface area contributed by atoms with Crippen LogP contribution in [-0.2, 0) is 6.61 Å². The number of aromatic amines is 1. The summed E-state index contributed by atoms with van der Waals surface area (Å²) in [6, 6.07) is 22.0. The van der Waals surface area contributed by atoms with Gasteiger partial charge in [0.15, 0.2) is 0 Å². The highest BCUT2D eigenvalue weighted by atomic mass is 79.9. The maximum absolute atomic E-state index is 11.6. The fourth-order valence-electron chi connectivity index (χ4n) is 2.90. The molecule has 0 bridgehead atoms. The molecule has 0 aliphatic carbocycles. The first-order valence-corrected chi connectivity index (χ1v) is 9.72. The molecule has 0 atom stereocenters. The summed E-state index contributed by atoms with van der Waals surface area (Å²) in [7, 11) is 0. The van der Waals surface area contributed by atoms with E-state index >= 15 is 0 Å². The molecule has 144 valence electrons. The number of nitrogens with zero attached hydrogens (tertiary/aromatic N) is 2. The molecule has 3 aromatic carbocycles. The first kappa shape index (κ1) is 18.9. The lowest BCUT2D eigenvalue weighted by atomic mass is 10.0. The van der Waals surface area contributed by atoms with E-state index in [1.54, 1.807) is 6.21 Å². The Kier molecular flexibility index (Phi) is 5.67. The molecule has 0 aliphatic rings. The number of hydrogen-bond donors (Lipinski definition) is 2. The fraction of sp³-hybridized carbons (Fsp3) is 0.0455. The highest BCUT2D eigenvalue weighted by Crippen LogP contribution is 2.27. The second-order valence-electron chi connectivity index (χ2n) is 6.27. The minimum atomic E-state index is -0.331. The van der Waals surface area contributed by atoms with Gasteiger partial charge in [0, 0.05) is 5.56 Å². The van der Waals surface area contributed by atoms with Crippen molar-refractivity contribution in [3.63, 3.8) is 0 Å². The third-order valence-electron chi connectivity index (χ3n) is 4.34. The third-order valence-corrected chi connectivity index (χ3v) is 5.13. The highest BCUT2D eigenvalue weighted by Gasteiger charge is 2.08. The summed E-state index contributed by atoms with van der Waals surface area (Å²) in [4.78, 5) is 11.6. The number of anilines is 1. The molecule has 4 rings (SSSR count). The molecule has 0 unspecified atom stereocenters. The zero-order valence-corrected chi connectivity index (χ0v) is 16.9. The lowest BCUT2D eigenvalue weighted by Gasteiger charge is -2.12. The standard InChI is InChI=1S/C22H17BrN4O2/c23-21-19(13-25-27-22(21)28)26-24-12-18-17-9-5-4-8-16(17)10-11-20(18)29-14-15-6-2-1-3-7-15/h1-13H,14H2,(H2,26,27,28)/b24-12-. The molecule has 0 saturated carbocycles. The van der Waals surface area contributed by atoms with E-state index in [2.05, 4.69) is 36.7 Å². The fourth-order valence-corrected chi connectivity index (χ4v) is 3.18. The normalized spacial score (nSPS) is 11.1. The predicted octanol–water partition coefficient (Wildman–Crippen LogP) is 4.71. The van der Waals surface area contributed by atoms with E-state index in [4.69, 9.17) is 4.74 Å². The van der Waals surface area contributed by atoms with E-state index in [0.717, 1.165) is 27.6 Å². The van der Waals surface area contributed by atoms with Crippen molar-refractivity contribution in [1.29, 1.82) is 0 Å². The van der Waals surface area contributed by atoms with Crippen LogP contribution >= 0.6 is 15.9 Å². The van der Waals surface area contributed by atoms with Gasteiger partial charge in [-0.2, -0.15) is 10.2 Å². The number of hydrazone groups is 1. The molecular weight excluding hydrogens is 432 g/mol. The number of aromatic nitrogens is 2. The zero-order valence-electron chi connectivity index (χ0n) is 15.3. The van der Waals surface area contributed by atoms with Crippen LogP contribution < -0.4 is 15.7 Å². The number of hydrogen-bond acceptors (Lipinski definition) is 5. The van der Waals surface area contributed by atoms with Gasteiger partial charge in [0.05, 0.1) is 18.1 Å². The summed E-state index contributed by atoms with van der Waals surface area (Å²) in [6.45, 7) is 0.455. The number of nitrogens with one attached hydrogen (secondary N) is 2. The maximum Gasteiger partial charge on any atom is 0.280 e. The first-order valence-electron chi connectivity index (χ1n) is 8.93. The van der Waals surface area contributed by atoms with Crippen molar-refractivity contribution >= 4 is 38.6 Å². The van der Waals surface area contributed by atoms with Crippen molar-refractivity contribution in [3.8, 4) is 5.75 Å². The maximum atomic E-state index is 11.6. The monoisotopic (exact) mass is 448 g/mol. The van der Waals surface area contributed by atoms with Crippen molar-refractivity contribution in [2.24, 2.45) is 5.10 Å². The Balaban J connectivity index is 1.65. The molecule has 29 heavy (non-hydrogen) atoms. The highest BCUT2D eigenvalue weighted by molar-refractivity contribution is 9.10. The van der Waals surface area contributed by atoms with E-state index < -0.39 is 0 Å². The quantitative estimate of drug-likeness (QED) is 0.330. The summed E-state index contributed by atoms with van der Waals surface area (Å²) in [5, 5.41) is 12.5. The second kappa shape index (κ2) is 8.70. The number of H-pyrrole nitrogens is 1. The second-order valence-corrected chi connectivity index (χ2v) is 7.06. The molecule has 0 amide bonds. The first-order chi connectivity index (χ1) is 14.2. The predicted molar refractivity (Wildman–Crippen MR) is 118 cm³/mol. The van der Waals surface area contributed by atoms with E-state index in [9.17, 15) is 4.79 Å². The van der Waals surface area contributed by atoms with Crippen LogP contribution in [0.25, 0.3) is 10.8 Å². The Labute approximate surface area is 175 Å². The smallest absolute Gasteiger partial charge is 0.280 e. The van der Waals surface area contributed by atoms with Crippen LogP contribution in [-0.4, -0.2) is 16.4 Å². The van der Waals surface area contributed by atoms with Gasteiger partial charge in [-0.1, -0.05) is 60.7 Å². The van der Waals surface area contributed by atoms with Crippen molar-refractivity contribution < 1.29 is 4.74 Å². The molecule has 0 spiro atoms. The molecule has 4 aromatic rings. The summed E-state index contributed by atoms with van der Waals surface area (Å²) < 4.78 is 6.42. The Bertz CT molecular complexity index is 1220. The van der Waals surface area contributed by atoms with Crippen LogP contribution in [0.2, 0.25) is 0 Å². The topological polar surface area (TPSA) is 79.4 Å².